The van der Waals surface area contributed by atoms with E-state index in [2.05, 4.69) is 10.6 Å². The molecule has 4 nitrogen and oxygen atoms in total. The molecule has 0 aromatic heterocycles. The highest BCUT2D eigenvalue weighted by molar-refractivity contribution is 8.00. The predicted molar refractivity (Wildman–Crippen MR) is 125 cm³/mol. The largest absolute Gasteiger partial charge is 0.325 e. The van der Waals surface area contributed by atoms with Crippen LogP contribution in [0.5, 0.6) is 0 Å². The van der Waals surface area contributed by atoms with E-state index in [4.69, 9.17) is 0 Å². The number of thioether (sulfide) groups is 1. The van der Waals surface area contributed by atoms with E-state index in [1.54, 1.807) is 6.07 Å². The Kier molecular flexibility index (Phi) is 6.95. The van der Waals surface area contributed by atoms with Gasteiger partial charge in [0.05, 0.1) is 5.25 Å². The lowest BCUT2D eigenvalue weighted by Crippen LogP contribution is -2.22. The SMILES string of the molecule is Cc1cccc(C(=O)Nc2cccc(SC(C)C(=O)Nc3ccc(C)cc3C)c2)c1. The average molecular weight is 419 g/mol. The van der Waals surface area contributed by atoms with Crippen molar-refractivity contribution in [2.24, 2.45) is 0 Å². The summed E-state index contributed by atoms with van der Waals surface area (Å²) in [5, 5.41) is 5.65. The third kappa shape index (κ3) is 5.74. The van der Waals surface area contributed by atoms with E-state index in [1.165, 1.54) is 11.8 Å². The second-order valence-electron chi connectivity index (χ2n) is 7.42. The summed E-state index contributed by atoms with van der Waals surface area (Å²) in [4.78, 5) is 26.0. The maximum absolute atomic E-state index is 12.6. The Morgan fingerprint density at radius 3 is 2.30 bits per heavy atom. The van der Waals surface area contributed by atoms with Crippen LogP contribution in [0.1, 0.15) is 34.0 Å². The van der Waals surface area contributed by atoms with Gasteiger partial charge in [-0.2, -0.15) is 0 Å². The Bertz CT molecular complexity index is 1080. The zero-order valence-electron chi connectivity index (χ0n) is 17.7. The predicted octanol–water partition coefficient (Wildman–Crippen LogP) is 5.98. The molecule has 3 rings (SSSR count). The molecule has 0 radical (unpaired) electrons. The summed E-state index contributed by atoms with van der Waals surface area (Å²) in [5.41, 5.74) is 5.40. The molecule has 0 aliphatic carbocycles. The number of hydrogen-bond donors (Lipinski definition) is 2. The molecule has 2 amide bonds. The van der Waals surface area contributed by atoms with Crippen LogP contribution in [0.25, 0.3) is 0 Å². The molecule has 1 atom stereocenters. The van der Waals surface area contributed by atoms with Crippen molar-refractivity contribution in [3.05, 3.63) is 89.0 Å². The van der Waals surface area contributed by atoms with Crippen LogP contribution in [0.15, 0.2) is 71.6 Å². The van der Waals surface area contributed by atoms with Crippen LogP contribution < -0.4 is 10.6 Å². The molecule has 2 N–H and O–H groups in total. The Balaban J connectivity index is 1.64. The number of carbonyl (C=O) groups is 2. The van der Waals surface area contributed by atoms with Gasteiger partial charge in [0.25, 0.3) is 5.91 Å². The van der Waals surface area contributed by atoms with E-state index >= 15 is 0 Å². The fourth-order valence-electron chi connectivity index (χ4n) is 3.08. The van der Waals surface area contributed by atoms with Gasteiger partial charge in [0.2, 0.25) is 5.91 Å². The Morgan fingerprint density at radius 1 is 0.833 bits per heavy atom. The molecule has 0 heterocycles. The van der Waals surface area contributed by atoms with Crippen LogP contribution >= 0.6 is 11.8 Å². The first kappa shape index (κ1) is 21.7. The van der Waals surface area contributed by atoms with E-state index in [0.29, 0.717) is 11.3 Å². The average Bonchev–Trinajstić information content (AvgIpc) is 2.70. The molecule has 30 heavy (non-hydrogen) atoms. The Hall–Kier alpha value is -3.05. The van der Waals surface area contributed by atoms with Crippen molar-refractivity contribution in [2.75, 3.05) is 10.6 Å². The van der Waals surface area contributed by atoms with Crippen molar-refractivity contribution < 1.29 is 9.59 Å². The minimum atomic E-state index is -0.284. The summed E-state index contributed by atoms with van der Waals surface area (Å²) in [7, 11) is 0. The first-order valence-corrected chi connectivity index (χ1v) is 10.7. The van der Waals surface area contributed by atoms with Gasteiger partial charge in [-0.1, -0.05) is 41.5 Å². The molecular formula is C25H26N2O2S. The van der Waals surface area contributed by atoms with Gasteiger partial charge in [-0.25, -0.2) is 0 Å². The van der Waals surface area contributed by atoms with Gasteiger partial charge < -0.3 is 10.6 Å². The van der Waals surface area contributed by atoms with Crippen molar-refractivity contribution in [3.63, 3.8) is 0 Å². The van der Waals surface area contributed by atoms with E-state index in [9.17, 15) is 9.59 Å². The normalized spacial score (nSPS) is 11.6. The molecule has 154 valence electrons. The first-order valence-electron chi connectivity index (χ1n) is 9.84. The summed E-state index contributed by atoms with van der Waals surface area (Å²) in [6.45, 7) is 7.85. The number of amides is 2. The lowest BCUT2D eigenvalue weighted by molar-refractivity contribution is -0.115. The van der Waals surface area contributed by atoms with Crippen LogP contribution in [-0.2, 0) is 4.79 Å². The molecule has 0 aliphatic heterocycles. The molecule has 0 aliphatic rings. The number of nitrogens with one attached hydrogen (secondary N) is 2. The second-order valence-corrected chi connectivity index (χ2v) is 8.83. The van der Waals surface area contributed by atoms with Gasteiger partial charge >= 0.3 is 0 Å². The summed E-state index contributed by atoms with van der Waals surface area (Å²) in [5.74, 6) is -0.206. The van der Waals surface area contributed by atoms with Crippen molar-refractivity contribution in [1.82, 2.24) is 0 Å². The summed E-state index contributed by atoms with van der Waals surface area (Å²) in [6, 6.07) is 21.0. The van der Waals surface area contributed by atoms with Crippen molar-refractivity contribution in [3.8, 4) is 0 Å². The summed E-state index contributed by atoms with van der Waals surface area (Å²) >= 11 is 1.46. The third-order valence-corrected chi connectivity index (χ3v) is 5.79. The zero-order valence-corrected chi connectivity index (χ0v) is 18.5. The van der Waals surface area contributed by atoms with Crippen LogP contribution in [0.3, 0.4) is 0 Å². The maximum atomic E-state index is 12.6. The smallest absolute Gasteiger partial charge is 0.255 e. The van der Waals surface area contributed by atoms with Gasteiger partial charge in [-0.3, -0.25) is 9.59 Å². The van der Waals surface area contributed by atoms with E-state index in [0.717, 1.165) is 27.3 Å². The molecule has 0 saturated carbocycles. The molecule has 3 aromatic rings. The molecule has 0 spiro atoms. The molecule has 0 fully saturated rings. The van der Waals surface area contributed by atoms with Gasteiger partial charge in [-0.05, 0) is 69.7 Å². The lowest BCUT2D eigenvalue weighted by Gasteiger charge is -2.14. The van der Waals surface area contributed by atoms with Crippen molar-refractivity contribution in [1.29, 1.82) is 0 Å². The number of benzene rings is 3. The van der Waals surface area contributed by atoms with Gasteiger partial charge in [0.1, 0.15) is 0 Å². The highest BCUT2D eigenvalue weighted by atomic mass is 32.2. The topological polar surface area (TPSA) is 58.2 Å². The molecule has 3 aromatic carbocycles. The maximum Gasteiger partial charge on any atom is 0.255 e. The second kappa shape index (κ2) is 9.63. The van der Waals surface area contributed by atoms with Crippen LogP contribution in [0.4, 0.5) is 11.4 Å². The number of hydrogen-bond acceptors (Lipinski definition) is 3. The highest BCUT2D eigenvalue weighted by Gasteiger charge is 2.16. The fraction of sp³-hybridized carbons (Fsp3) is 0.200. The first-order chi connectivity index (χ1) is 14.3. The van der Waals surface area contributed by atoms with Crippen molar-refractivity contribution in [2.45, 2.75) is 37.8 Å². The van der Waals surface area contributed by atoms with E-state index in [-0.39, 0.29) is 17.1 Å². The van der Waals surface area contributed by atoms with E-state index in [1.807, 2.05) is 88.4 Å². The van der Waals surface area contributed by atoms with Crippen LogP contribution in [0, 0.1) is 20.8 Å². The number of anilines is 2. The Morgan fingerprint density at radius 2 is 1.57 bits per heavy atom. The fourth-order valence-corrected chi connectivity index (χ4v) is 4.01. The molecule has 1 unspecified atom stereocenters. The third-order valence-electron chi connectivity index (χ3n) is 4.69. The number of aryl methyl sites for hydroxylation is 3. The van der Waals surface area contributed by atoms with Crippen LogP contribution in [-0.4, -0.2) is 17.1 Å². The highest BCUT2D eigenvalue weighted by Crippen LogP contribution is 2.27. The Labute approximate surface area is 182 Å². The monoisotopic (exact) mass is 418 g/mol. The summed E-state index contributed by atoms with van der Waals surface area (Å²) in [6.07, 6.45) is 0. The quantitative estimate of drug-likeness (QED) is 0.484. The van der Waals surface area contributed by atoms with Crippen molar-refractivity contribution >= 4 is 35.0 Å². The molecule has 0 bridgehead atoms. The minimum Gasteiger partial charge on any atom is -0.325 e. The summed E-state index contributed by atoms with van der Waals surface area (Å²) < 4.78 is 0. The standard InChI is InChI=1S/C25H26N2O2S/c1-16-7-5-8-20(14-16)25(29)26-21-9-6-10-22(15-21)30-19(4)24(28)27-23-12-11-17(2)13-18(23)3/h5-15,19H,1-4H3,(H,26,29)(H,27,28). The van der Waals surface area contributed by atoms with Gasteiger partial charge in [-0.15, -0.1) is 11.8 Å². The van der Waals surface area contributed by atoms with Gasteiger partial charge in [0, 0.05) is 21.8 Å². The number of carbonyl (C=O) groups excluding carboxylic acids is 2. The van der Waals surface area contributed by atoms with Gasteiger partial charge in [0.15, 0.2) is 0 Å². The molecular weight excluding hydrogens is 392 g/mol. The minimum absolute atomic E-state index is 0.0545. The zero-order chi connectivity index (χ0) is 21.7. The van der Waals surface area contributed by atoms with E-state index < -0.39 is 0 Å². The molecule has 0 saturated heterocycles. The lowest BCUT2D eigenvalue weighted by atomic mass is 10.1. The molecule has 5 heteroatoms. The number of rotatable bonds is 6. The van der Waals surface area contributed by atoms with Crippen LogP contribution in [0.2, 0.25) is 0 Å².